The summed E-state index contributed by atoms with van der Waals surface area (Å²) < 4.78 is 0. The lowest BCUT2D eigenvalue weighted by Crippen LogP contribution is -1.93. The third kappa shape index (κ3) is 1.82. The number of hydrogen-bond acceptors (Lipinski definition) is 4. The van der Waals surface area contributed by atoms with Gasteiger partial charge in [0.05, 0.1) is 17.1 Å². The second-order valence-electron chi connectivity index (χ2n) is 3.25. The zero-order valence-corrected chi connectivity index (χ0v) is 9.27. The SMILES string of the molecule is Cc1nc(Cc2nc(C)sc2C)n[nH]1. The van der Waals surface area contributed by atoms with Crippen molar-refractivity contribution in [2.24, 2.45) is 0 Å². The van der Waals surface area contributed by atoms with Crippen LogP contribution >= 0.6 is 11.3 Å². The van der Waals surface area contributed by atoms with Crippen LogP contribution < -0.4 is 0 Å². The second-order valence-corrected chi connectivity index (χ2v) is 4.66. The highest BCUT2D eigenvalue weighted by Crippen LogP contribution is 2.18. The molecule has 0 spiro atoms. The standard InChI is InChI=1S/C9H12N4S/c1-5-8(11-7(3)14-5)4-9-10-6(2)12-13-9/h4H2,1-3H3,(H,10,12,13). The predicted octanol–water partition coefficient (Wildman–Crippen LogP) is 1.78. The van der Waals surface area contributed by atoms with Crippen molar-refractivity contribution in [2.75, 3.05) is 0 Å². The Kier molecular flexibility index (Phi) is 2.33. The summed E-state index contributed by atoms with van der Waals surface area (Å²) >= 11 is 1.72. The van der Waals surface area contributed by atoms with Crippen LogP contribution in [0.4, 0.5) is 0 Å². The minimum absolute atomic E-state index is 0.723. The van der Waals surface area contributed by atoms with Crippen LogP contribution in [0.15, 0.2) is 0 Å². The lowest BCUT2D eigenvalue weighted by Gasteiger charge is -1.91. The topological polar surface area (TPSA) is 54.5 Å². The number of H-pyrrole nitrogens is 1. The van der Waals surface area contributed by atoms with E-state index in [9.17, 15) is 0 Å². The highest BCUT2D eigenvalue weighted by atomic mass is 32.1. The second kappa shape index (κ2) is 3.49. The van der Waals surface area contributed by atoms with E-state index in [2.05, 4.69) is 27.1 Å². The van der Waals surface area contributed by atoms with Gasteiger partial charge in [0, 0.05) is 4.88 Å². The third-order valence-electron chi connectivity index (χ3n) is 1.97. The molecule has 2 aromatic rings. The van der Waals surface area contributed by atoms with Crippen molar-refractivity contribution < 1.29 is 0 Å². The molecule has 1 N–H and O–H groups in total. The van der Waals surface area contributed by atoms with Crippen LogP contribution in [0, 0.1) is 20.8 Å². The molecule has 0 aliphatic carbocycles. The Labute approximate surface area is 86.4 Å². The summed E-state index contributed by atoms with van der Waals surface area (Å²) in [5.41, 5.74) is 1.09. The molecule has 4 nitrogen and oxygen atoms in total. The summed E-state index contributed by atoms with van der Waals surface area (Å²) in [6.07, 6.45) is 0.723. The van der Waals surface area contributed by atoms with E-state index >= 15 is 0 Å². The molecule has 5 heteroatoms. The van der Waals surface area contributed by atoms with Gasteiger partial charge < -0.3 is 0 Å². The third-order valence-corrected chi connectivity index (χ3v) is 2.90. The summed E-state index contributed by atoms with van der Waals surface area (Å²) in [7, 11) is 0. The molecular formula is C9H12N4S. The Bertz CT molecular complexity index is 443. The van der Waals surface area contributed by atoms with Crippen LogP contribution in [0.1, 0.15) is 27.2 Å². The van der Waals surface area contributed by atoms with Crippen LogP contribution in [0.3, 0.4) is 0 Å². The molecular weight excluding hydrogens is 196 g/mol. The number of nitrogens with zero attached hydrogens (tertiary/aromatic N) is 3. The van der Waals surface area contributed by atoms with Gasteiger partial charge in [0.15, 0.2) is 5.82 Å². The maximum atomic E-state index is 4.44. The Morgan fingerprint density at radius 1 is 1.21 bits per heavy atom. The lowest BCUT2D eigenvalue weighted by molar-refractivity contribution is 0.939. The molecule has 74 valence electrons. The predicted molar refractivity (Wildman–Crippen MR) is 55.5 cm³/mol. The van der Waals surface area contributed by atoms with E-state index < -0.39 is 0 Å². The van der Waals surface area contributed by atoms with Crippen molar-refractivity contribution >= 4 is 11.3 Å². The summed E-state index contributed by atoms with van der Waals surface area (Å²) in [4.78, 5) is 9.95. The first kappa shape index (κ1) is 9.33. The normalized spacial score (nSPS) is 10.8. The van der Waals surface area contributed by atoms with Crippen LogP contribution in [-0.2, 0) is 6.42 Å². The van der Waals surface area contributed by atoms with Gasteiger partial charge >= 0.3 is 0 Å². The molecule has 0 aromatic carbocycles. The summed E-state index contributed by atoms with van der Waals surface area (Å²) in [6.45, 7) is 6.00. The number of hydrogen-bond donors (Lipinski definition) is 1. The molecule has 0 amide bonds. The Morgan fingerprint density at radius 3 is 2.50 bits per heavy atom. The molecule has 0 fully saturated rings. The molecule has 0 atom stereocenters. The molecule has 0 aliphatic heterocycles. The quantitative estimate of drug-likeness (QED) is 0.818. The summed E-state index contributed by atoms with van der Waals surface area (Å²) in [5.74, 6) is 1.67. The molecule has 0 saturated heterocycles. The van der Waals surface area contributed by atoms with E-state index in [4.69, 9.17) is 0 Å². The van der Waals surface area contributed by atoms with Crippen LogP contribution in [0.25, 0.3) is 0 Å². The molecule has 2 aromatic heterocycles. The first-order valence-electron chi connectivity index (χ1n) is 4.46. The monoisotopic (exact) mass is 208 g/mol. The Balaban J connectivity index is 2.22. The highest BCUT2D eigenvalue weighted by molar-refractivity contribution is 7.11. The van der Waals surface area contributed by atoms with Crippen molar-refractivity contribution in [1.29, 1.82) is 0 Å². The van der Waals surface area contributed by atoms with Crippen molar-refractivity contribution in [3.8, 4) is 0 Å². The first-order valence-corrected chi connectivity index (χ1v) is 5.27. The molecule has 2 heterocycles. The Morgan fingerprint density at radius 2 is 2.00 bits per heavy atom. The number of aromatic nitrogens is 4. The Hall–Kier alpha value is -1.23. The average molecular weight is 208 g/mol. The van der Waals surface area contributed by atoms with Crippen LogP contribution in [-0.4, -0.2) is 20.2 Å². The van der Waals surface area contributed by atoms with Crippen molar-refractivity contribution in [3.63, 3.8) is 0 Å². The van der Waals surface area contributed by atoms with Gasteiger partial charge in [-0.05, 0) is 20.8 Å². The van der Waals surface area contributed by atoms with Gasteiger partial charge in [-0.3, -0.25) is 5.10 Å². The summed E-state index contributed by atoms with van der Waals surface area (Å²) in [5, 5.41) is 8.02. The van der Waals surface area contributed by atoms with E-state index in [1.165, 1.54) is 4.88 Å². The van der Waals surface area contributed by atoms with Gasteiger partial charge in [0.2, 0.25) is 0 Å². The van der Waals surface area contributed by atoms with Gasteiger partial charge in [-0.1, -0.05) is 0 Å². The van der Waals surface area contributed by atoms with Gasteiger partial charge in [-0.15, -0.1) is 11.3 Å². The summed E-state index contributed by atoms with van der Waals surface area (Å²) in [6, 6.07) is 0. The van der Waals surface area contributed by atoms with Crippen molar-refractivity contribution in [2.45, 2.75) is 27.2 Å². The van der Waals surface area contributed by atoms with Gasteiger partial charge in [-0.2, -0.15) is 5.10 Å². The molecule has 0 saturated carbocycles. The van der Waals surface area contributed by atoms with E-state index in [1.54, 1.807) is 11.3 Å². The smallest absolute Gasteiger partial charge is 0.156 e. The number of aryl methyl sites for hydroxylation is 3. The minimum atomic E-state index is 0.723. The van der Waals surface area contributed by atoms with Gasteiger partial charge in [0.1, 0.15) is 5.82 Å². The van der Waals surface area contributed by atoms with Crippen LogP contribution in [0.2, 0.25) is 0 Å². The molecule has 14 heavy (non-hydrogen) atoms. The van der Waals surface area contributed by atoms with E-state index in [-0.39, 0.29) is 0 Å². The lowest BCUT2D eigenvalue weighted by atomic mass is 10.3. The molecule has 0 radical (unpaired) electrons. The molecule has 0 bridgehead atoms. The van der Waals surface area contributed by atoms with Crippen molar-refractivity contribution in [1.82, 2.24) is 20.2 Å². The zero-order chi connectivity index (χ0) is 10.1. The van der Waals surface area contributed by atoms with E-state index in [0.29, 0.717) is 0 Å². The fourth-order valence-electron chi connectivity index (χ4n) is 1.35. The zero-order valence-electron chi connectivity index (χ0n) is 8.46. The molecule has 0 unspecified atom stereocenters. The molecule has 2 rings (SSSR count). The number of aromatic amines is 1. The van der Waals surface area contributed by atoms with Gasteiger partial charge in [-0.25, -0.2) is 9.97 Å². The van der Waals surface area contributed by atoms with E-state index in [0.717, 1.165) is 28.8 Å². The van der Waals surface area contributed by atoms with Crippen molar-refractivity contribution in [3.05, 3.63) is 27.2 Å². The van der Waals surface area contributed by atoms with Gasteiger partial charge in [0.25, 0.3) is 0 Å². The maximum absolute atomic E-state index is 4.44. The fourth-order valence-corrected chi connectivity index (χ4v) is 2.19. The highest BCUT2D eigenvalue weighted by Gasteiger charge is 2.08. The number of thiazole rings is 1. The fraction of sp³-hybridized carbons (Fsp3) is 0.444. The number of nitrogens with one attached hydrogen (secondary N) is 1. The average Bonchev–Trinajstić information content (AvgIpc) is 2.61. The maximum Gasteiger partial charge on any atom is 0.156 e. The largest absolute Gasteiger partial charge is 0.263 e. The number of rotatable bonds is 2. The molecule has 0 aliphatic rings. The first-order chi connectivity index (χ1) is 6.65. The van der Waals surface area contributed by atoms with E-state index in [1.807, 2.05) is 13.8 Å². The van der Waals surface area contributed by atoms with Crippen LogP contribution in [0.5, 0.6) is 0 Å². The minimum Gasteiger partial charge on any atom is -0.263 e.